The number of aryl methyl sites for hydroxylation is 1. The third kappa shape index (κ3) is 3.53. The second kappa shape index (κ2) is 6.02. The van der Waals surface area contributed by atoms with Gasteiger partial charge in [0.15, 0.2) is 0 Å². The summed E-state index contributed by atoms with van der Waals surface area (Å²) in [7, 11) is 1.81. The van der Waals surface area contributed by atoms with E-state index in [2.05, 4.69) is 65.0 Å². The summed E-state index contributed by atoms with van der Waals surface area (Å²) in [5.41, 5.74) is 2.36. The van der Waals surface area contributed by atoms with E-state index >= 15 is 0 Å². The van der Waals surface area contributed by atoms with Gasteiger partial charge in [-0.05, 0) is 34.3 Å². The van der Waals surface area contributed by atoms with Crippen molar-refractivity contribution in [1.82, 2.24) is 9.97 Å². The third-order valence-electron chi connectivity index (χ3n) is 3.14. The van der Waals surface area contributed by atoms with Crippen molar-refractivity contribution < 1.29 is 4.74 Å². The molecule has 0 fully saturated rings. The maximum Gasteiger partial charge on any atom is 0.238 e. The molecule has 0 bridgehead atoms. The summed E-state index contributed by atoms with van der Waals surface area (Å²) in [5, 5.41) is 3.00. The van der Waals surface area contributed by atoms with Gasteiger partial charge in [-0.15, -0.1) is 0 Å². The van der Waals surface area contributed by atoms with E-state index in [9.17, 15) is 0 Å². The Morgan fingerprint density at radius 3 is 2.52 bits per heavy atom. The first-order valence-electron chi connectivity index (χ1n) is 6.80. The molecule has 0 saturated carbocycles. The maximum absolute atomic E-state index is 6.03. The van der Waals surface area contributed by atoms with Gasteiger partial charge in [0.2, 0.25) is 5.88 Å². The Bertz CT molecular complexity index is 650. The first-order valence-corrected chi connectivity index (χ1v) is 7.59. The molecule has 4 nitrogen and oxygen atoms in total. The molecule has 1 aromatic carbocycles. The first kappa shape index (κ1) is 15.8. The molecule has 0 saturated heterocycles. The summed E-state index contributed by atoms with van der Waals surface area (Å²) < 4.78 is 6.74. The molecule has 2 aromatic rings. The van der Waals surface area contributed by atoms with Crippen LogP contribution >= 0.6 is 15.9 Å². The molecular weight excluding hydrogens is 330 g/mol. The Labute approximate surface area is 134 Å². The molecule has 21 heavy (non-hydrogen) atoms. The Morgan fingerprint density at radius 2 is 1.90 bits per heavy atom. The molecule has 0 spiro atoms. The van der Waals surface area contributed by atoms with Crippen molar-refractivity contribution >= 4 is 21.7 Å². The number of anilines is 1. The lowest BCUT2D eigenvalue weighted by molar-refractivity contribution is 0.436. The number of aromatic nitrogens is 2. The highest BCUT2D eigenvalue weighted by atomic mass is 79.9. The standard InChI is InChI=1S/C16H20BrN3O/c1-10-6-7-12(11(8-10)16(2,3)4)21-15-13(17)14(18-5)19-9-20-15/h6-9H,1-5H3,(H,18,19,20). The van der Waals surface area contributed by atoms with Crippen LogP contribution in [0.15, 0.2) is 29.0 Å². The second-order valence-electron chi connectivity index (χ2n) is 5.94. The number of halogens is 1. The summed E-state index contributed by atoms with van der Waals surface area (Å²) in [6.45, 7) is 8.59. The Morgan fingerprint density at radius 1 is 1.19 bits per heavy atom. The maximum atomic E-state index is 6.03. The summed E-state index contributed by atoms with van der Waals surface area (Å²) in [6, 6.07) is 6.19. The van der Waals surface area contributed by atoms with E-state index in [-0.39, 0.29) is 5.41 Å². The fourth-order valence-electron chi connectivity index (χ4n) is 2.02. The summed E-state index contributed by atoms with van der Waals surface area (Å²) in [4.78, 5) is 8.34. The topological polar surface area (TPSA) is 47.0 Å². The first-order chi connectivity index (χ1) is 9.82. The van der Waals surface area contributed by atoms with E-state index in [0.29, 0.717) is 16.2 Å². The minimum atomic E-state index is -0.00725. The second-order valence-corrected chi connectivity index (χ2v) is 6.74. The zero-order valence-electron chi connectivity index (χ0n) is 13.0. The molecule has 0 aliphatic rings. The van der Waals surface area contributed by atoms with Crippen LogP contribution in [0.2, 0.25) is 0 Å². The molecule has 1 N–H and O–H groups in total. The van der Waals surface area contributed by atoms with E-state index in [1.54, 1.807) is 0 Å². The average Bonchev–Trinajstić information content (AvgIpc) is 2.42. The van der Waals surface area contributed by atoms with Crippen LogP contribution in [0.4, 0.5) is 5.82 Å². The molecule has 0 unspecified atom stereocenters. The quantitative estimate of drug-likeness (QED) is 0.873. The van der Waals surface area contributed by atoms with E-state index in [1.165, 1.54) is 11.9 Å². The SMILES string of the molecule is CNc1ncnc(Oc2ccc(C)cc2C(C)(C)C)c1Br. The van der Waals surface area contributed by atoms with Crippen LogP contribution in [0.5, 0.6) is 11.6 Å². The number of rotatable bonds is 3. The third-order valence-corrected chi connectivity index (χ3v) is 3.86. The van der Waals surface area contributed by atoms with Crippen molar-refractivity contribution in [2.75, 3.05) is 12.4 Å². The van der Waals surface area contributed by atoms with Crippen molar-refractivity contribution in [2.24, 2.45) is 0 Å². The van der Waals surface area contributed by atoms with Crippen molar-refractivity contribution in [3.63, 3.8) is 0 Å². The van der Waals surface area contributed by atoms with E-state index in [4.69, 9.17) is 4.74 Å². The molecule has 1 heterocycles. The van der Waals surface area contributed by atoms with Crippen molar-refractivity contribution in [1.29, 1.82) is 0 Å². The molecule has 0 aliphatic heterocycles. The smallest absolute Gasteiger partial charge is 0.238 e. The van der Waals surface area contributed by atoms with Gasteiger partial charge in [0, 0.05) is 12.6 Å². The van der Waals surface area contributed by atoms with Crippen molar-refractivity contribution in [3.8, 4) is 11.6 Å². The van der Waals surface area contributed by atoms with Crippen molar-refractivity contribution in [2.45, 2.75) is 33.1 Å². The number of benzene rings is 1. The number of nitrogens with zero attached hydrogens (tertiary/aromatic N) is 2. The fourth-order valence-corrected chi connectivity index (χ4v) is 2.51. The number of hydrogen-bond acceptors (Lipinski definition) is 4. The van der Waals surface area contributed by atoms with Crippen LogP contribution in [-0.2, 0) is 5.41 Å². The molecule has 0 atom stereocenters. The summed E-state index contributed by atoms with van der Waals surface area (Å²) in [5.74, 6) is 2.02. The van der Waals surface area contributed by atoms with Gasteiger partial charge in [-0.3, -0.25) is 0 Å². The average molecular weight is 350 g/mol. The predicted molar refractivity (Wildman–Crippen MR) is 89.2 cm³/mol. The Hall–Kier alpha value is -1.62. The van der Waals surface area contributed by atoms with Crippen LogP contribution in [-0.4, -0.2) is 17.0 Å². The lowest BCUT2D eigenvalue weighted by Crippen LogP contribution is -2.13. The zero-order valence-corrected chi connectivity index (χ0v) is 14.6. The van der Waals surface area contributed by atoms with Gasteiger partial charge in [-0.1, -0.05) is 38.5 Å². The van der Waals surface area contributed by atoms with E-state index < -0.39 is 0 Å². The lowest BCUT2D eigenvalue weighted by atomic mass is 9.85. The van der Waals surface area contributed by atoms with Crippen LogP contribution in [0.3, 0.4) is 0 Å². The molecule has 0 aliphatic carbocycles. The summed E-state index contributed by atoms with van der Waals surface area (Å²) in [6.07, 6.45) is 1.48. The fraction of sp³-hybridized carbons (Fsp3) is 0.375. The largest absolute Gasteiger partial charge is 0.437 e. The molecule has 112 valence electrons. The Balaban J connectivity index is 2.45. The van der Waals surface area contributed by atoms with Crippen LogP contribution in [0.1, 0.15) is 31.9 Å². The van der Waals surface area contributed by atoms with Crippen LogP contribution in [0.25, 0.3) is 0 Å². The molecule has 0 amide bonds. The number of nitrogens with one attached hydrogen (secondary N) is 1. The van der Waals surface area contributed by atoms with E-state index in [1.807, 2.05) is 19.2 Å². The highest BCUT2D eigenvalue weighted by Crippen LogP contribution is 2.37. The van der Waals surface area contributed by atoms with Gasteiger partial charge in [0.1, 0.15) is 22.4 Å². The van der Waals surface area contributed by atoms with Gasteiger partial charge < -0.3 is 10.1 Å². The molecule has 2 rings (SSSR count). The van der Waals surface area contributed by atoms with Crippen molar-refractivity contribution in [3.05, 3.63) is 40.1 Å². The van der Waals surface area contributed by atoms with Gasteiger partial charge in [-0.2, -0.15) is 0 Å². The van der Waals surface area contributed by atoms with Gasteiger partial charge in [0.25, 0.3) is 0 Å². The Kier molecular flexibility index (Phi) is 4.52. The minimum absolute atomic E-state index is 0.00725. The van der Waals surface area contributed by atoms with Gasteiger partial charge in [0.05, 0.1) is 0 Å². The highest BCUT2D eigenvalue weighted by Gasteiger charge is 2.21. The summed E-state index contributed by atoms with van der Waals surface area (Å²) >= 11 is 3.48. The number of hydrogen-bond donors (Lipinski definition) is 1. The number of ether oxygens (including phenoxy) is 1. The highest BCUT2D eigenvalue weighted by molar-refractivity contribution is 9.10. The molecular formula is C16H20BrN3O. The predicted octanol–water partition coefficient (Wildman–Crippen LogP) is 4.68. The monoisotopic (exact) mass is 349 g/mol. The molecule has 1 aromatic heterocycles. The van der Waals surface area contributed by atoms with E-state index in [0.717, 1.165) is 11.3 Å². The molecule has 0 radical (unpaired) electrons. The van der Waals surface area contributed by atoms with Crippen LogP contribution in [0, 0.1) is 6.92 Å². The van der Waals surface area contributed by atoms with Gasteiger partial charge in [-0.25, -0.2) is 9.97 Å². The minimum Gasteiger partial charge on any atom is -0.437 e. The lowest BCUT2D eigenvalue weighted by Gasteiger charge is -2.23. The van der Waals surface area contributed by atoms with Crippen LogP contribution < -0.4 is 10.1 Å². The normalized spacial score (nSPS) is 11.3. The zero-order chi connectivity index (χ0) is 15.6. The molecule has 5 heteroatoms. The van der Waals surface area contributed by atoms with Gasteiger partial charge >= 0.3 is 0 Å².